The van der Waals surface area contributed by atoms with E-state index in [0.29, 0.717) is 18.7 Å². The highest BCUT2D eigenvalue weighted by Gasteiger charge is 2.30. The highest BCUT2D eigenvalue weighted by Crippen LogP contribution is 2.33. The Kier molecular flexibility index (Phi) is 5.53. The number of nitrogens with zero attached hydrogens (tertiary/aromatic N) is 1. The lowest BCUT2D eigenvalue weighted by Gasteiger charge is -2.26. The lowest BCUT2D eigenvalue weighted by atomic mass is 10.2. The summed E-state index contributed by atoms with van der Waals surface area (Å²) in [6, 6.07) is 2.90. The molecule has 0 aliphatic carbocycles. The number of halogens is 2. The van der Waals surface area contributed by atoms with Crippen LogP contribution in [0.5, 0.6) is 0 Å². The van der Waals surface area contributed by atoms with Gasteiger partial charge in [-0.25, -0.2) is 8.42 Å². The quantitative estimate of drug-likeness (QED) is 0.836. The van der Waals surface area contributed by atoms with Gasteiger partial charge in [0.05, 0.1) is 10.0 Å². The second kappa shape index (κ2) is 6.99. The van der Waals surface area contributed by atoms with Crippen molar-refractivity contribution >= 4 is 33.2 Å². The molecular formula is C14H15Cl2NO3S. The van der Waals surface area contributed by atoms with Crippen molar-refractivity contribution < 1.29 is 13.5 Å². The lowest BCUT2D eigenvalue weighted by Crippen LogP contribution is -2.35. The first-order valence-corrected chi connectivity index (χ1v) is 8.75. The van der Waals surface area contributed by atoms with Crippen LogP contribution >= 0.6 is 23.2 Å². The number of hydrogen-bond donors (Lipinski definition) is 1. The van der Waals surface area contributed by atoms with Gasteiger partial charge in [0.15, 0.2) is 0 Å². The number of sulfonamides is 1. The SMILES string of the molecule is O=S(=O)(c1c(Cl)cc(C#CCO)cc1Cl)N1CCCCC1. The molecule has 21 heavy (non-hydrogen) atoms. The molecule has 1 aliphatic rings. The molecule has 0 radical (unpaired) electrons. The number of rotatable bonds is 2. The van der Waals surface area contributed by atoms with Crippen molar-refractivity contribution in [2.24, 2.45) is 0 Å². The molecule has 0 saturated carbocycles. The van der Waals surface area contributed by atoms with Gasteiger partial charge in [-0.1, -0.05) is 41.5 Å². The summed E-state index contributed by atoms with van der Waals surface area (Å²) in [6.07, 6.45) is 2.71. The van der Waals surface area contributed by atoms with Crippen LogP contribution < -0.4 is 0 Å². The van der Waals surface area contributed by atoms with Crippen molar-refractivity contribution in [3.63, 3.8) is 0 Å². The third-order valence-electron chi connectivity index (χ3n) is 3.22. The molecule has 0 atom stereocenters. The van der Waals surface area contributed by atoms with Crippen LogP contribution in [0.25, 0.3) is 0 Å². The first-order chi connectivity index (χ1) is 9.96. The summed E-state index contributed by atoms with van der Waals surface area (Å²) in [6.45, 7) is 0.686. The van der Waals surface area contributed by atoms with Crippen molar-refractivity contribution in [3.05, 3.63) is 27.7 Å². The molecule has 1 aromatic carbocycles. The third-order valence-corrected chi connectivity index (χ3v) is 6.04. The smallest absolute Gasteiger partial charge is 0.246 e. The average molecular weight is 348 g/mol. The first-order valence-electron chi connectivity index (χ1n) is 6.55. The summed E-state index contributed by atoms with van der Waals surface area (Å²) < 4.78 is 26.7. The maximum absolute atomic E-state index is 12.6. The van der Waals surface area contributed by atoms with Gasteiger partial charge in [-0.3, -0.25) is 0 Å². The van der Waals surface area contributed by atoms with E-state index < -0.39 is 10.0 Å². The molecule has 7 heteroatoms. The van der Waals surface area contributed by atoms with Gasteiger partial charge in [0, 0.05) is 18.7 Å². The normalized spacial score (nSPS) is 16.3. The van der Waals surface area contributed by atoms with Crippen LogP contribution in [-0.2, 0) is 10.0 Å². The second-order valence-corrected chi connectivity index (χ2v) is 7.38. The molecule has 1 N–H and O–H groups in total. The van der Waals surface area contributed by atoms with Crippen LogP contribution in [0.2, 0.25) is 10.0 Å². The van der Waals surface area contributed by atoms with E-state index in [9.17, 15) is 8.42 Å². The zero-order chi connectivity index (χ0) is 15.5. The van der Waals surface area contributed by atoms with Crippen molar-refractivity contribution in [1.29, 1.82) is 0 Å². The molecule has 1 fully saturated rings. The number of piperidine rings is 1. The Hall–Kier alpha value is -0.770. The van der Waals surface area contributed by atoms with E-state index in [1.165, 1.54) is 16.4 Å². The molecule has 1 heterocycles. The minimum atomic E-state index is -3.69. The van der Waals surface area contributed by atoms with Crippen LogP contribution in [0.15, 0.2) is 17.0 Å². The zero-order valence-corrected chi connectivity index (χ0v) is 13.6. The average Bonchev–Trinajstić information content (AvgIpc) is 2.45. The van der Waals surface area contributed by atoms with Crippen LogP contribution in [0, 0.1) is 11.8 Å². The van der Waals surface area contributed by atoms with E-state index in [1.54, 1.807) is 0 Å². The predicted octanol–water partition coefficient (Wildman–Crippen LogP) is 2.51. The molecule has 0 spiro atoms. The third kappa shape index (κ3) is 3.71. The van der Waals surface area contributed by atoms with Crippen molar-refractivity contribution in [3.8, 4) is 11.8 Å². The highest BCUT2D eigenvalue weighted by atomic mass is 35.5. The Balaban J connectivity index is 2.43. The fraction of sp³-hybridized carbons (Fsp3) is 0.429. The zero-order valence-electron chi connectivity index (χ0n) is 11.3. The predicted molar refractivity (Wildman–Crippen MR) is 83.0 cm³/mol. The fourth-order valence-electron chi connectivity index (χ4n) is 2.25. The lowest BCUT2D eigenvalue weighted by molar-refractivity contribution is 0.346. The van der Waals surface area contributed by atoms with Gasteiger partial charge >= 0.3 is 0 Å². The molecule has 0 bridgehead atoms. The van der Waals surface area contributed by atoms with Crippen molar-refractivity contribution in [1.82, 2.24) is 4.31 Å². The van der Waals surface area contributed by atoms with E-state index in [0.717, 1.165) is 19.3 Å². The van der Waals surface area contributed by atoms with Crippen LogP contribution in [0.1, 0.15) is 24.8 Å². The molecule has 2 rings (SSSR count). The Morgan fingerprint density at radius 3 is 2.24 bits per heavy atom. The van der Waals surface area contributed by atoms with E-state index in [2.05, 4.69) is 11.8 Å². The van der Waals surface area contributed by atoms with Crippen LogP contribution in [0.4, 0.5) is 0 Å². The molecule has 1 saturated heterocycles. The Morgan fingerprint density at radius 1 is 1.14 bits per heavy atom. The number of aliphatic hydroxyl groups is 1. The van der Waals surface area contributed by atoms with Gasteiger partial charge in [-0.15, -0.1) is 0 Å². The minimum absolute atomic E-state index is 0.0512. The summed E-state index contributed by atoms with van der Waals surface area (Å²) in [5.74, 6) is 5.13. The Bertz CT molecular complexity index is 663. The minimum Gasteiger partial charge on any atom is -0.384 e. The summed E-state index contributed by atoms with van der Waals surface area (Å²) in [4.78, 5) is -0.0673. The highest BCUT2D eigenvalue weighted by molar-refractivity contribution is 7.89. The monoisotopic (exact) mass is 347 g/mol. The fourth-order valence-corrected chi connectivity index (χ4v) is 4.93. The summed E-state index contributed by atoms with van der Waals surface area (Å²) in [7, 11) is -3.69. The van der Waals surface area contributed by atoms with E-state index in [-0.39, 0.29) is 21.5 Å². The number of hydrogen-bond acceptors (Lipinski definition) is 3. The van der Waals surface area contributed by atoms with Gasteiger partial charge in [-0.2, -0.15) is 4.31 Å². The maximum Gasteiger partial charge on any atom is 0.246 e. The molecule has 1 aromatic rings. The largest absolute Gasteiger partial charge is 0.384 e. The summed E-state index contributed by atoms with van der Waals surface area (Å²) >= 11 is 12.2. The van der Waals surface area contributed by atoms with Gasteiger partial charge in [-0.05, 0) is 25.0 Å². The molecular weight excluding hydrogens is 333 g/mol. The van der Waals surface area contributed by atoms with Crippen molar-refractivity contribution in [2.45, 2.75) is 24.2 Å². The molecule has 4 nitrogen and oxygen atoms in total. The number of benzene rings is 1. The Labute approximate surface area is 134 Å². The van der Waals surface area contributed by atoms with E-state index in [1.807, 2.05) is 0 Å². The van der Waals surface area contributed by atoms with Gasteiger partial charge in [0.25, 0.3) is 0 Å². The van der Waals surface area contributed by atoms with Gasteiger partial charge < -0.3 is 5.11 Å². The van der Waals surface area contributed by atoms with E-state index in [4.69, 9.17) is 28.3 Å². The van der Waals surface area contributed by atoms with Crippen LogP contribution in [0.3, 0.4) is 0 Å². The molecule has 114 valence electrons. The van der Waals surface area contributed by atoms with Crippen LogP contribution in [-0.4, -0.2) is 37.5 Å². The first kappa shape index (κ1) is 16.6. The summed E-state index contributed by atoms with van der Waals surface area (Å²) in [5.41, 5.74) is 0.469. The topological polar surface area (TPSA) is 57.6 Å². The van der Waals surface area contributed by atoms with Crippen molar-refractivity contribution in [2.75, 3.05) is 19.7 Å². The maximum atomic E-state index is 12.6. The Morgan fingerprint density at radius 2 is 1.71 bits per heavy atom. The molecule has 1 aliphatic heterocycles. The number of aliphatic hydroxyl groups excluding tert-OH is 1. The summed E-state index contributed by atoms with van der Waals surface area (Å²) in [5, 5.41) is 8.78. The molecule has 0 aromatic heterocycles. The second-order valence-electron chi connectivity index (χ2n) is 4.69. The molecule has 0 unspecified atom stereocenters. The van der Waals surface area contributed by atoms with Gasteiger partial charge in [0.2, 0.25) is 10.0 Å². The van der Waals surface area contributed by atoms with E-state index >= 15 is 0 Å². The molecule has 0 amide bonds. The standard InChI is InChI=1S/C14H15Cl2NO3S/c15-12-9-11(5-4-8-18)10-13(16)14(12)21(19,20)17-6-2-1-3-7-17/h9-10,18H,1-3,6-8H2. The van der Waals surface area contributed by atoms with Gasteiger partial charge in [0.1, 0.15) is 11.5 Å².